The van der Waals surface area contributed by atoms with Gasteiger partial charge in [0.15, 0.2) is 0 Å². The zero-order chi connectivity index (χ0) is 13.1. The summed E-state index contributed by atoms with van der Waals surface area (Å²) >= 11 is 0. The summed E-state index contributed by atoms with van der Waals surface area (Å²) < 4.78 is 0. The van der Waals surface area contributed by atoms with Crippen molar-refractivity contribution in [3.05, 3.63) is 34.7 Å². The van der Waals surface area contributed by atoms with Crippen LogP contribution in [0.2, 0.25) is 0 Å². The molecule has 0 aliphatic carbocycles. The van der Waals surface area contributed by atoms with Crippen LogP contribution in [0, 0.1) is 4.91 Å². The van der Waals surface area contributed by atoms with Crippen molar-refractivity contribution in [1.29, 1.82) is 0 Å². The van der Waals surface area contributed by atoms with Gasteiger partial charge in [-0.1, -0.05) is 44.1 Å². The minimum atomic E-state index is -0.372. The highest BCUT2D eigenvalue weighted by Gasteiger charge is 2.17. The lowest BCUT2D eigenvalue weighted by molar-refractivity contribution is 0.591. The van der Waals surface area contributed by atoms with Gasteiger partial charge < -0.3 is 0 Å². The van der Waals surface area contributed by atoms with Crippen molar-refractivity contribution in [2.75, 3.05) is 0 Å². The first kappa shape index (κ1) is 13.6. The van der Waals surface area contributed by atoms with Crippen LogP contribution in [-0.2, 0) is 5.41 Å². The average molecular weight is 232 g/mol. The van der Waals surface area contributed by atoms with E-state index < -0.39 is 0 Å². The van der Waals surface area contributed by atoms with Crippen LogP contribution in [0.1, 0.15) is 40.2 Å². The molecule has 0 radical (unpaired) electrons. The number of rotatable bonds is 3. The lowest BCUT2D eigenvalue weighted by Gasteiger charge is -2.21. The monoisotopic (exact) mass is 232 g/mol. The molecule has 1 rings (SSSR count). The van der Waals surface area contributed by atoms with E-state index >= 15 is 0 Å². The molecule has 1 aromatic rings. The van der Waals surface area contributed by atoms with Crippen LogP contribution in [0.25, 0.3) is 0 Å². The molecular formula is C14H20N2O. The summed E-state index contributed by atoms with van der Waals surface area (Å²) in [6, 6.07) is 7.65. The van der Waals surface area contributed by atoms with Crippen LogP contribution in [0.3, 0.4) is 0 Å². The Bertz CT molecular complexity index is 430. The molecule has 1 unspecified atom stereocenters. The Kier molecular flexibility index (Phi) is 4.16. The molecule has 3 nitrogen and oxygen atoms in total. The van der Waals surface area contributed by atoms with Gasteiger partial charge in [-0.25, -0.2) is 0 Å². The SMILES string of the molecule is CC(=Nc1ccccc1C(C)(C)C)C(C)N=O. The van der Waals surface area contributed by atoms with E-state index in [9.17, 15) is 4.91 Å². The lowest BCUT2D eigenvalue weighted by atomic mass is 9.86. The van der Waals surface area contributed by atoms with Gasteiger partial charge in [0.25, 0.3) is 0 Å². The predicted molar refractivity (Wildman–Crippen MR) is 73.2 cm³/mol. The molecule has 0 saturated carbocycles. The topological polar surface area (TPSA) is 41.8 Å². The molecule has 92 valence electrons. The summed E-state index contributed by atoms with van der Waals surface area (Å²) in [5, 5.41) is 3.00. The number of aliphatic imine (C=N–C) groups is 1. The van der Waals surface area contributed by atoms with Crippen molar-refractivity contribution in [2.24, 2.45) is 10.2 Å². The van der Waals surface area contributed by atoms with Crippen LogP contribution in [-0.4, -0.2) is 11.8 Å². The minimum absolute atomic E-state index is 0.0399. The van der Waals surface area contributed by atoms with E-state index in [-0.39, 0.29) is 11.5 Å². The predicted octanol–water partition coefficient (Wildman–Crippen LogP) is 4.23. The van der Waals surface area contributed by atoms with Gasteiger partial charge in [-0.3, -0.25) is 4.99 Å². The zero-order valence-corrected chi connectivity index (χ0v) is 11.2. The summed E-state index contributed by atoms with van der Waals surface area (Å²) in [7, 11) is 0. The van der Waals surface area contributed by atoms with Crippen molar-refractivity contribution in [2.45, 2.75) is 46.1 Å². The van der Waals surface area contributed by atoms with E-state index in [0.29, 0.717) is 0 Å². The highest BCUT2D eigenvalue weighted by molar-refractivity contribution is 5.89. The fraction of sp³-hybridized carbons (Fsp3) is 0.500. The van der Waals surface area contributed by atoms with E-state index in [1.165, 1.54) is 5.56 Å². The van der Waals surface area contributed by atoms with Crippen LogP contribution < -0.4 is 0 Å². The van der Waals surface area contributed by atoms with E-state index in [4.69, 9.17) is 0 Å². The van der Waals surface area contributed by atoms with Gasteiger partial charge in [0.2, 0.25) is 0 Å². The highest BCUT2D eigenvalue weighted by Crippen LogP contribution is 2.31. The van der Waals surface area contributed by atoms with Crippen molar-refractivity contribution < 1.29 is 0 Å². The molecule has 0 bridgehead atoms. The number of para-hydroxylation sites is 1. The van der Waals surface area contributed by atoms with Gasteiger partial charge >= 0.3 is 0 Å². The molecule has 1 atom stereocenters. The summed E-state index contributed by atoms with van der Waals surface area (Å²) in [6.45, 7) is 10.0. The normalized spacial score (nSPS) is 14.5. The lowest BCUT2D eigenvalue weighted by Crippen LogP contribution is -2.13. The molecule has 0 amide bonds. The third-order valence-electron chi connectivity index (χ3n) is 2.77. The Hall–Kier alpha value is -1.51. The number of nitrogens with zero attached hydrogens (tertiary/aromatic N) is 2. The molecule has 0 N–H and O–H groups in total. The molecule has 0 spiro atoms. The van der Waals surface area contributed by atoms with Gasteiger partial charge in [-0.05, 0) is 30.9 Å². The highest BCUT2D eigenvalue weighted by atomic mass is 16.3. The maximum atomic E-state index is 10.5. The molecule has 0 aliphatic heterocycles. The Morgan fingerprint density at radius 1 is 1.24 bits per heavy atom. The molecule has 3 heteroatoms. The first-order valence-corrected chi connectivity index (χ1v) is 5.83. The Labute approximate surface area is 103 Å². The van der Waals surface area contributed by atoms with E-state index in [1.807, 2.05) is 25.1 Å². The third-order valence-corrected chi connectivity index (χ3v) is 2.77. The van der Waals surface area contributed by atoms with E-state index in [1.54, 1.807) is 6.92 Å². The summed E-state index contributed by atoms with van der Waals surface area (Å²) in [4.78, 5) is 15.0. The van der Waals surface area contributed by atoms with Gasteiger partial charge in [0.1, 0.15) is 6.04 Å². The largest absolute Gasteiger partial charge is 0.255 e. The minimum Gasteiger partial charge on any atom is -0.255 e. The van der Waals surface area contributed by atoms with Crippen LogP contribution in [0.15, 0.2) is 34.4 Å². The fourth-order valence-electron chi connectivity index (χ4n) is 1.57. The standard InChI is InChI=1S/C14H20N2O/c1-10(11(2)16-17)15-13-9-7-6-8-12(13)14(3,4)5/h6-9,11H,1-5H3. The van der Waals surface area contributed by atoms with Gasteiger partial charge in [-0.15, -0.1) is 0 Å². The van der Waals surface area contributed by atoms with Crippen molar-refractivity contribution >= 4 is 11.4 Å². The molecule has 17 heavy (non-hydrogen) atoms. The Morgan fingerprint density at radius 2 is 1.82 bits per heavy atom. The summed E-state index contributed by atoms with van der Waals surface area (Å²) in [6.07, 6.45) is 0. The van der Waals surface area contributed by atoms with E-state index in [0.717, 1.165) is 11.4 Å². The molecular weight excluding hydrogens is 212 g/mol. The molecule has 1 aromatic carbocycles. The van der Waals surface area contributed by atoms with Gasteiger partial charge in [0.05, 0.1) is 5.69 Å². The van der Waals surface area contributed by atoms with Gasteiger partial charge in [-0.2, -0.15) is 4.91 Å². The van der Waals surface area contributed by atoms with Gasteiger partial charge in [0, 0.05) is 5.71 Å². The number of hydrogen-bond acceptors (Lipinski definition) is 3. The number of hydrogen-bond donors (Lipinski definition) is 0. The summed E-state index contributed by atoms with van der Waals surface area (Å²) in [5.74, 6) is 0. The maximum Gasteiger partial charge on any atom is 0.127 e. The zero-order valence-electron chi connectivity index (χ0n) is 11.2. The quantitative estimate of drug-likeness (QED) is 0.568. The third kappa shape index (κ3) is 3.48. The molecule has 0 heterocycles. The van der Waals surface area contributed by atoms with Crippen LogP contribution in [0.5, 0.6) is 0 Å². The van der Waals surface area contributed by atoms with Crippen molar-refractivity contribution in [1.82, 2.24) is 0 Å². The first-order chi connectivity index (χ1) is 7.86. The molecule has 0 aliphatic rings. The van der Waals surface area contributed by atoms with Crippen LogP contribution >= 0.6 is 0 Å². The Morgan fingerprint density at radius 3 is 2.35 bits per heavy atom. The second kappa shape index (κ2) is 5.21. The molecule has 0 saturated heterocycles. The van der Waals surface area contributed by atoms with Crippen molar-refractivity contribution in [3.63, 3.8) is 0 Å². The second-order valence-electron chi connectivity index (χ2n) is 5.30. The average Bonchev–Trinajstić information content (AvgIpc) is 2.27. The Balaban J connectivity index is 3.20. The maximum absolute atomic E-state index is 10.5. The molecule has 0 aromatic heterocycles. The smallest absolute Gasteiger partial charge is 0.127 e. The van der Waals surface area contributed by atoms with Crippen molar-refractivity contribution in [3.8, 4) is 0 Å². The fourth-order valence-corrected chi connectivity index (χ4v) is 1.57. The first-order valence-electron chi connectivity index (χ1n) is 5.83. The second-order valence-corrected chi connectivity index (χ2v) is 5.30. The number of benzene rings is 1. The summed E-state index contributed by atoms with van der Waals surface area (Å²) in [5.41, 5.74) is 2.89. The molecule has 0 fully saturated rings. The van der Waals surface area contributed by atoms with Crippen LogP contribution in [0.4, 0.5) is 5.69 Å². The van der Waals surface area contributed by atoms with E-state index in [2.05, 4.69) is 37.0 Å². The number of nitroso groups, excluding NO2 is 1.